The Hall–Kier alpha value is -3.35. The number of anilines is 1. The van der Waals surface area contributed by atoms with E-state index in [1.165, 1.54) is 6.07 Å². The highest BCUT2D eigenvalue weighted by Crippen LogP contribution is 2.38. The number of pyridine rings is 1. The van der Waals surface area contributed by atoms with Crippen molar-refractivity contribution in [2.75, 3.05) is 25.5 Å². The number of amides is 1. The standard InChI is InChI=1S/C24H26FN5O/c1-16-14-26-12-11-17(16)19-15-27-24(29(2)3)28-22(19)21-10-6-7-13-30(21)23(31)18-8-4-5-9-20(18)25/h4-5,8-9,11-12,14-15,21H,6-7,10,13H2,1-3H3/t21-/m1/s1. The second-order valence-corrected chi connectivity index (χ2v) is 8.04. The van der Waals surface area contributed by atoms with Crippen molar-refractivity contribution < 1.29 is 9.18 Å². The first-order valence-electron chi connectivity index (χ1n) is 10.5. The normalized spacial score (nSPS) is 16.3. The zero-order chi connectivity index (χ0) is 22.0. The number of hydrogen-bond acceptors (Lipinski definition) is 5. The molecule has 6 nitrogen and oxygen atoms in total. The third-order valence-corrected chi connectivity index (χ3v) is 5.70. The molecule has 1 aliphatic rings. The van der Waals surface area contributed by atoms with E-state index in [1.54, 1.807) is 29.3 Å². The number of aryl methyl sites for hydroxylation is 1. The topological polar surface area (TPSA) is 62.2 Å². The Morgan fingerprint density at radius 2 is 1.94 bits per heavy atom. The highest BCUT2D eigenvalue weighted by Gasteiger charge is 2.33. The summed E-state index contributed by atoms with van der Waals surface area (Å²) in [7, 11) is 3.78. The smallest absolute Gasteiger partial charge is 0.257 e. The molecule has 1 fully saturated rings. The van der Waals surface area contributed by atoms with E-state index in [0.717, 1.165) is 41.6 Å². The van der Waals surface area contributed by atoms with Crippen molar-refractivity contribution in [3.63, 3.8) is 0 Å². The average Bonchev–Trinajstić information content (AvgIpc) is 2.79. The van der Waals surface area contributed by atoms with E-state index in [2.05, 4.69) is 9.97 Å². The van der Waals surface area contributed by atoms with Crippen molar-refractivity contribution >= 4 is 11.9 Å². The lowest BCUT2D eigenvalue weighted by Crippen LogP contribution is -2.39. The van der Waals surface area contributed by atoms with Crippen LogP contribution in [0, 0.1) is 12.7 Å². The van der Waals surface area contributed by atoms with Crippen LogP contribution < -0.4 is 4.90 Å². The number of halogens is 1. The van der Waals surface area contributed by atoms with Gasteiger partial charge in [0.05, 0.1) is 17.3 Å². The lowest BCUT2D eigenvalue weighted by Gasteiger charge is -2.36. The van der Waals surface area contributed by atoms with Gasteiger partial charge in [-0.05, 0) is 55.5 Å². The lowest BCUT2D eigenvalue weighted by molar-refractivity contribution is 0.0602. The van der Waals surface area contributed by atoms with Crippen LogP contribution in [0.2, 0.25) is 0 Å². The molecule has 1 atom stereocenters. The zero-order valence-electron chi connectivity index (χ0n) is 18.0. The Kier molecular flexibility index (Phi) is 5.93. The summed E-state index contributed by atoms with van der Waals surface area (Å²) < 4.78 is 14.4. The Morgan fingerprint density at radius 1 is 1.13 bits per heavy atom. The van der Waals surface area contributed by atoms with E-state index >= 15 is 0 Å². The predicted molar refractivity (Wildman–Crippen MR) is 118 cm³/mol. The van der Waals surface area contributed by atoms with Crippen molar-refractivity contribution in [1.29, 1.82) is 0 Å². The number of piperidine rings is 1. The molecule has 160 valence electrons. The van der Waals surface area contributed by atoms with E-state index < -0.39 is 5.82 Å². The summed E-state index contributed by atoms with van der Waals surface area (Å²) in [6, 6.07) is 7.84. The van der Waals surface area contributed by atoms with Crippen molar-refractivity contribution in [2.24, 2.45) is 0 Å². The van der Waals surface area contributed by atoms with Crippen LogP contribution in [0.15, 0.2) is 48.9 Å². The maximum atomic E-state index is 14.4. The molecule has 31 heavy (non-hydrogen) atoms. The maximum absolute atomic E-state index is 14.4. The maximum Gasteiger partial charge on any atom is 0.257 e. The summed E-state index contributed by atoms with van der Waals surface area (Å²) in [5.41, 5.74) is 3.76. The SMILES string of the molecule is Cc1cnccc1-c1cnc(N(C)C)nc1[C@H]1CCCCN1C(=O)c1ccccc1F. The van der Waals surface area contributed by atoms with Gasteiger partial charge in [-0.2, -0.15) is 0 Å². The van der Waals surface area contributed by atoms with Gasteiger partial charge in [-0.25, -0.2) is 14.4 Å². The molecule has 1 amide bonds. The highest BCUT2D eigenvalue weighted by molar-refractivity contribution is 5.95. The van der Waals surface area contributed by atoms with E-state index in [0.29, 0.717) is 12.5 Å². The third kappa shape index (κ3) is 4.13. The monoisotopic (exact) mass is 419 g/mol. The lowest BCUT2D eigenvalue weighted by atomic mass is 9.92. The molecule has 3 heterocycles. The summed E-state index contributed by atoms with van der Waals surface area (Å²) in [6.07, 6.45) is 7.99. The molecule has 0 spiro atoms. The first-order chi connectivity index (χ1) is 15.0. The summed E-state index contributed by atoms with van der Waals surface area (Å²) >= 11 is 0. The number of benzene rings is 1. The molecule has 0 radical (unpaired) electrons. The summed E-state index contributed by atoms with van der Waals surface area (Å²) in [5, 5.41) is 0. The first kappa shape index (κ1) is 20.9. The summed E-state index contributed by atoms with van der Waals surface area (Å²) in [4.78, 5) is 30.6. The van der Waals surface area contributed by atoms with Crippen molar-refractivity contribution in [2.45, 2.75) is 32.2 Å². The molecule has 2 aromatic heterocycles. The van der Waals surface area contributed by atoms with Gasteiger partial charge in [-0.1, -0.05) is 12.1 Å². The molecule has 0 aliphatic carbocycles. The second-order valence-electron chi connectivity index (χ2n) is 8.04. The van der Waals surface area contributed by atoms with Gasteiger partial charge in [0.1, 0.15) is 5.82 Å². The van der Waals surface area contributed by atoms with Crippen molar-refractivity contribution in [3.05, 3.63) is 71.6 Å². The fourth-order valence-corrected chi connectivity index (χ4v) is 4.09. The molecule has 4 rings (SSSR count). The zero-order valence-corrected chi connectivity index (χ0v) is 18.0. The number of carbonyl (C=O) groups excluding carboxylic acids is 1. The van der Waals surface area contributed by atoms with E-state index in [9.17, 15) is 9.18 Å². The number of rotatable bonds is 4. The largest absolute Gasteiger partial charge is 0.347 e. The minimum Gasteiger partial charge on any atom is -0.347 e. The molecule has 0 unspecified atom stereocenters. The van der Waals surface area contributed by atoms with E-state index in [1.807, 2.05) is 44.4 Å². The molecular formula is C24H26FN5O. The minimum absolute atomic E-state index is 0.0953. The predicted octanol–water partition coefficient (Wildman–Crippen LogP) is 4.42. The van der Waals surface area contributed by atoms with Crippen LogP contribution in [-0.2, 0) is 0 Å². The number of carbonyl (C=O) groups is 1. The fourth-order valence-electron chi connectivity index (χ4n) is 4.09. The molecule has 3 aromatic rings. The van der Waals surface area contributed by atoms with Gasteiger partial charge in [-0.3, -0.25) is 9.78 Å². The van der Waals surface area contributed by atoms with Gasteiger partial charge in [0.15, 0.2) is 0 Å². The number of aromatic nitrogens is 3. The van der Waals surface area contributed by atoms with E-state index in [-0.39, 0.29) is 17.5 Å². The quantitative estimate of drug-likeness (QED) is 0.626. The molecular weight excluding hydrogens is 393 g/mol. The fraction of sp³-hybridized carbons (Fsp3) is 0.333. The average molecular weight is 420 g/mol. The Balaban J connectivity index is 1.83. The Morgan fingerprint density at radius 3 is 2.68 bits per heavy atom. The van der Waals surface area contributed by atoms with Crippen LogP contribution in [0.1, 0.15) is 46.9 Å². The molecule has 1 aliphatic heterocycles. The Bertz CT molecular complexity index is 1100. The van der Waals surface area contributed by atoms with Crippen LogP contribution >= 0.6 is 0 Å². The minimum atomic E-state index is -0.501. The number of nitrogens with zero attached hydrogens (tertiary/aromatic N) is 5. The highest BCUT2D eigenvalue weighted by atomic mass is 19.1. The second kappa shape index (κ2) is 8.79. The molecule has 7 heteroatoms. The summed E-state index contributed by atoms with van der Waals surface area (Å²) in [5.74, 6) is -0.224. The van der Waals surface area contributed by atoms with Crippen molar-refractivity contribution in [3.8, 4) is 11.1 Å². The van der Waals surface area contributed by atoms with Gasteiger partial charge in [0, 0.05) is 44.8 Å². The van der Waals surface area contributed by atoms with E-state index in [4.69, 9.17) is 4.98 Å². The van der Waals surface area contributed by atoms with Gasteiger partial charge >= 0.3 is 0 Å². The molecule has 0 saturated carbocycles. The number of likely N-dealkylation sites (tertiary alicyclic amines) is 1. The van der Waals surface area contributed by atoms with Gasteiger partial charge in [0.2, 0.25) is 5.95 Å². The molecule has 1 aromatic carbocycles. The van der Waals surface area contributed by atoms with Crippen LogP contribution in [0.5, 0.6) is 0 Å². The van der Waals surface area contributed by atoms with Gasteiger partial charge < -0.3 is 9.80 Å². The summed E-state index contributed by atoms with van der Waals surface area (Å²) in [6.45, 7) is 2.56. The molecule has 1 saturated heterocycles. The van der Waals surface area contributed by atoms with Crippen LogP contribution in [-0.4, -0.2) is 46.4 Å². The number of hydrogen-bond donors (Lipinski definition) is 0. The third-order valence-electron chi connectivity index (χ3n) is 5.70. The van der Waals surface area contributed by atoms with Crippen LogP contribution in [0.25, 0.3) is 11.1 Å². The van der Waals surface area contributed by atoms with Crippen LogP contribution in [0.4, 0.5) is 10.3 Å². The van der Waals surface area contributed by atoms with Crippen LogP contribution in [0.3, 0.4) is 0 Å². The molecule has 0 bridgehead atoms. The first-order valence-corrected chi connectivity index (χ1v) is 10.5. The Labute approximate surface area is 181 Å². The van der Waals surface area contributed by atoms with Gasteiger partial charge in [0.25, 0.3) is 5.91 Å². The molecule has 0 N–H and O–H groups in total. The van der Waals surface area contributed by atoms with Gasteiger partial charge in [-0.15, -0.1) is 0 Å². The van der Waals surface area contributed by atoms with Crippen molar-refractivity contribution in [1.82, 2.24) is 19.9 Å².